The van der Waals surface area contributed by atoms with Crippen molar-refractivity contribution in [2.45, 2.75) is 57.2 Å². The normalized spacial score (nSPS) is 17.5. The molecule has 1 amide bonds. The van der Waals surface area contributed by atoms with Gasteiger partial charge in [0.05, 0.1) is 18.3 Å². The first-order chi connectivity index (χ1) is 17.0. The molecule has 4 aromatic heterocycles. The molecule has 4 aromatic rings. The molecule has 1 fully saturated rings. The van der Waals surface area contributed by atoms with Crippen LogP contribution in [-0.4, -0.2) is 35.3 Å². The minimum absolute atomic E-state index is 0.206. The molecule has 0 radical (unpaired) electrons. The number of aromatic hydroxyl groups is 1. The van der Waals surface area contributed by atoms with Crippen molar-refractivity contribution < 1.29 is 9.90 Å². The number of nitrogens with one attached hydrogen (secondary N) is 1. The largest absolute Gasteiger partial charge is 0.503 e. The molecule has 4 bridgehead atoms. The van der Waals surface area contributed by atoms with Crippen molar-refractivity contribution in [3.63, 3.8) is 0 Å². The first-order valence-corrected chi connectivity index (χ1v) is 12.0. The minimum atomic E-state index is -0.774. The Morgan fingerprint density at radius 1 is 1.06 bits per heavy atom. The molecule has 9 heteroatoms. The third-order valence-electron chi connectivity index (χ3n) is 7.30. The lowest BCUT2D eigenvalue weighted by Crippen LogP contribution is -2.38. The molecule has 1 aliphatic carbocycles. The van der Waals surface area contributed by atoms with Crippen molar-refractivity contribution in [3.8, 4) is 5.75 Å². The van der Waals surface area contributed by atoms with Gasteiger partial charge in [0.15, 0.2) is 11.4 Å². The molecule has 0 atom stereocenters. The molecule has 5 heterocycles. The molecule has 0 aromatic carbocycles. The van der Waals surface area contributed by atoms with E-state index in [1.54, 1.807) is 6.20 Å². The molecule has 0 unspecified atom stereocenters. The monoisotopic (exact) mass is 470 g/mol. The maximum Gasteiger partial charge on any atom is 0.276 e. The van der Waals surface area contributed by atoms with Crippen molar-refractivity contribution in [2.24, 2.45) is 0 Å². The van der Waals surface area contributed by atoms with Crippen LogP contribution in [0.1, 0.15) is 53.1 Å². The lowest BCUT2D eigenvalue weighted by molar-refractivity contribution is 0.0940. The second-order valence-corrected chi connectivity index (χ2v) is 9.51. The highest BCUT2D eigenvalue weighted by molar-refractivity contribution is 5.92. The van der Waals surface area contributed by atoms with Gasteiger partial charge in [-0.2, -0.15) is 5.10 Å². The number of amides is 1. The second kappa shape index (κ2) is 8.33. The van der Waals surface area contributed by atoms with Gasteiger partial charge in [0.2, 0.25) is 0 Å². The number of carbonyl (C=O) groups is 1. The summed E-state index contributed by atoms with van der Waals surface area (Å²) in [5.41, 5.74) is 2.23. The molecule has 2 N–H and O–H groups in total. The Labute approximate surface area is 201 Å². The van der Waals surface area contributed by atoms with Crippen LogP contribution >= 0.6 is 0 Å². The van der Waals surface area contributed by atoms with Crippen molar-refractivity contribution in [1.29, 1.82) is 0 Å². The summed E-state index contributed by atoms with van der Waals surface area (Å²) in [5.74, 6) is -1.10. The fourth-order valence-corrected chi connectivity index (χ4v) is 5.50. The average Bonchev–Trinajstić information content (AvgIpc) is 3.51. The SMILES string of the molecule is O=C1NCc2cccnc2CCc2ccc3ccn(c3n2)C2(CCCC2)Cn2cc(O)c(=O)c1n2. The summed E-state index contributed by atoms with van der Waals surface area (Å²) in [6, 6.07) is 9.98. The summed E-state index contributed by atoms with van der Waals surface area (Å²) in [6.07, 6.45) is 10.5. The van der Waals surface area contributed by atoms with E-state index in [9.17, 15) is 14.7 Å². The molecular formula is C26H26N6O3. The van der Waals surface area contributed by atoms with Gasteiger partial charge in [-0.3, -0.25) is 19.3 Å². The zero-order valence-electron chi connectivity index (χ0n) is 19.3. The van der Waals surface area contributed by atoms with E-state index in [0.717, 1.165) is 60.1 Å². The van der Waals surface area contributed by atoms with E-state index >= 15 is 0 Å². The van der Waals surface area contributed by atoms with Gasteiger partial charge in [-0.15, -0.1) is 0 Å². The van der Waals surface area contributed by atoms with Gasteiger partial charge in [-0.1, -0.05) is 18.9 Å². The smallest absolute Gasteiger partial charge is 0.276 e. The van der Waals surface area contributed by atoms with E-state index in [1.165, 1.54) is 10.9 Å². The Balaban J connectivity index is 1.53. The van der Waals surface area contributed by atoms with Crippen molar-refractivity contribution in [2.75, 3.05) is 0 Å². The highest BCUT2D eigenvalue weighted by Gasteiger charge is 2.38. The number of fused-ring (bicyclic) bond motifs is 5. The van der Waals surface area contributed by atoms with Crippen molar-refractivity contribution >= 4 is 16.9 Å². The van der Waals surface area contributed by atoms with E-state index in [2.05, 4.69) is 44.4 Å². The van der Waals surface area contributed by atoms with Gasteiger partial charge >= 0.3 is 0 Å². The van der Waals surface area contributed by atoms with Gasteiger partial charge in [-0.25, -0.2) is 4.98 Å². The van der Waals surface area contributed by atoms with Crippen molar-refractivity contribution in [3.05, 3.63) is 81.8 Å². The highest BCUT2D eigenvalue weighted by Crippen LogP contribution is 2.40. The molecule has 9 nitrogen and oxygen atoms in total. The quantitative estimate of drug-likeness (QED) is 0.408. The van der Waals surface area contributed by atoms with Crippen LogP contribution in [0.4, 0.5) is 0 Å². The molecule has 1 aliphatic heterocycles. The standard InChI is InChI=1S/C26H26N6O3/c33-21-15-31-16-26(10-1-2-11-26)32-13-9-17-5-6-19(29-24(17)32)7-8-20-18(4-3-12-27-20)14-28-25(35)22(30-31)23(21)34/h3-6,9,12-13,15,33H,1-2,7-8,10-11,14,16H2,(H,28,35). The molecule has 1 spiro atoms. The summed E-state index contributed by atoms with van der Waals surface area (Å²) in [5, 5.41) is 18.6. The number of carbonyl (C=O) groups excluding carboxylic acids is 1. The third-order valence-corrected chi connectivity index (χ3v) is 7.30. The molecular weight excluding hydrogens is 444 g/mol. The number of pyridine rings is 2. The van der Waals surface area contributed by atoms with Gasteiger partial charge in [-0.05, 0) is 55.5 Å². The Kier molecular flexibility index (Phi) is 5.12. The maximum absolute atomic E-state index is 13.0. The number of hydrogen-bond acceptors (Lipinski definition) is 6. The van der Waals surface area contributed by atoms with Crippen LogP contribution in [0.5, 0.6) is 5.75 Å². The van der Waals surface area contributed by atoms with Crippen molar-refractivity contribution in [1.82, 2.24) is 29.6 Å². The minimum Gasteiger partial charge on any atom is -0.503 e. The number of aromatic nitrogens is 5. The van der Waals surface area contributed by atoms with Crippen LogP contribution < -0.4 is 10.7 Å². The molecule has 178 valence electrons. The van der Waals surface area contributed by atoms with E-state index in [1.807, 2.05) is 12.1 Å². The molecule has 6 rings (SSSR count). The maximum atomic E-state index is 13.0. The fraction of sp³-hybridized carbons (Fsp3) is 0.346. The molecule has 0 saturated heterocycles. The first kappa shape index (κ1) is 21.5. The van der Waals surface area contributed by atoms with Crippen LogP contribution in [0.15, 0.2) is 53.7 Å². The number of rotatable bonds is 0. The van der Waals surface area contributed by atoms with E-state index < -0.39 is 17.1 Å². The molecule has 1 saturated carbocycles. The summed E-state index contributed by atoms with van der Waals surface area (Å²) in [6.45, 7) is 0.627. The van der Waals surface area contributed by atoms with Crippen LogP contribution in [0.3, 0.4) is 0 Å². The predicted octanol–water partition coefficient (Wildman–Crippen LogP) is 2.69. The Hall–Kier alpha value is -4.01. The summed E-state index contributed by atoms with van der Waals surface area (Å²) >= 11 is 0. The second-order valence-electron chi connectivity index (χ2n) is 9.51. The number of aryl methyl sites for hydroxylation is 2. The number of nitrogens with zero attached hydrogens (tertiary/aromatic N) is 5. The van der Waals surface area contributed by atoms with Crippen LogP contribution in [0.25, 0.3) is 11.0 Å². The lowest BCUT2D eigenvalue weighted by atomic mass is 9.97. The van der Waals surface area contributed by atoms with Gasteiger partial charge in [0, 0.05) is 35.7 Å². The predicted molar refractivity (Wildman–Crippen MR) is 129 cm³/mol. The Morgan fingerprint density at radius 2 is 1.91 bits per heavy atom. The zero-order valence-corrected chi connectivity index (χ0v) is 19.3. The van der Waals surface area contributed by atoms with Gasteiger partial charge in [0.25, 0.3) is 11.3 Å². The van der Waals surface area contributed by atoms with Gasteiger partial charge in [0.1, 0.15) is 5.65 Å². The lowest BCUT2D eigenvalue weighted by Gasteiger charge is -2.32. The molecule has 35 heavy (non-hydrogen) atoms. The first-order valence-electron chi connectivity index (χ1n) is 12.0. The fourth-order valence-electron chi connectivity index (χ4n) is 5.50. The van der Waals surface area contributed by atoms with Crippen LogP contribution in [0.2, 0.25) is 0 Å². The molecule has 2 aliphatic rings. The van der Waals surface area contributed by atoms with Crippen LogP contribution in [-0.2, 0) is 31.5 Å². The summed E-state index contributed by atoms with van der Waals surface area (Å²) in [4.78, 5) is 35.2. The van der Waals surface area contributed by atoms with E-state index in [4.69, 9.17) is 4.98 Å². The topological polar surface area (TPSA) is 115 Å². The highest BCUT2D eigenvalue weighted by atomic mass is 16.3. The summed E-state index contributed by atoms with van der Waals surface area (Å²) < 4.78 is 3.77. The van der Waals surface area contributed by atoms with E-state index in [-0.39, 0.29) is 17.8 Å². The zero-order chi connectivity index (χ0) is 24.0. The van der Waals surface area contributed by atoms with E-state index in [0.29, 0.717) is 13.0 Å². The Bertz CT molecular complexity index is 1500. The summed E-state index contributed by atoms with van der Waals surface area (Å²) in [7, 11) is 0. The van der Waals surface area contributed by atoms with Gasteiger partial charge < -0.3 is 15.0 Å². The van der Waals surface area contributed by atoms with Crippen LogP contribution in [0, 0.1) is 0 Å². The number of hydrogen-bond donors (Lipinski definition) is 2. The Morgan fingerprint density at radius 3 is 2.77 bits per heavy atom. The average molecular weight is 471 g/mol. The third kappa shape index (κ3) is 3.77.